The van der Waals surface area contributed by atoms with Crippen molar-refractivity contribution in [3.05, 3.63) is 52.5 Å². The van der Waals surface area contributed by atoms with Crippen LogP contribution in [0.2, 0.25) is 0 Å². The molecule has 1 atom stereocenters. The third-order valence-electron chi connectivity index (χ3n) is 6.02. The van der Waals surface area contributed by atoms with Gasteiger partial charge in [0, 0.05) is 48.6 Å². The number of alkyl halides is 4. The van der Waals surface area contributed by atoms with Crippen molar-refractivity contribution < 1.29 is 31.9 Å². The molecule has 0 spiro atoms. The number of fused-ring (bicyclic) bond motifs is 1. The molecular formula is C23H23F4N3O3. The molecule has 33 heavy (non-hydrogen) atoms. The Hall–Kier alpha value is -3.04. The zero-order valence-corrected chi connectivity index (χ0v) is 18.0. The van der Waals surface area contributed by atoms with Crippen molar-refractivity contribution in [3.63, 3.8) is 0 Å². The number of halogens is 4. The van der Waals surface area contributed by atoms with Gasteiger partial charge in [-0.25, -0.2) is 13.8 Å². The van der Waals surface area contributed by atoms with Gasteiger partial charge in [0.15, 0.2) is 6.61 Å². The van der Waals surface area contributed by atoms with Crippen LogP contribution >= 0.6 is 0 Å². The highest BCUT2D eigenvalue weighted by molar-refractivity contribution is 5.99. The molecule has 0 radical (unpaired) electrons. The van der Waals surface area contributed by atoms with Gasteiger partial charge >= 0.3 is 12.3 Å². The molecule has 0 saturated heterocycles. The van der Waals surface area contributed by atoms with Crippen molar-refractivity contribution in [3.8, 4) is 5.88 Å². The summed E-state index contributed by atoms with van der Waals surface area (Å²) in [5.41, 5.74) is 2.98. The molecule has 1 amide bonds. The minimum Gasteiger partial charge on any atom is -0.471 e. The largest absolute Gasteiger partial charge is 0.471 e. The maximum Gasteiger partial charge on any atom is 0.340 e. The fraction of sp³-hybridized carbons (Fsp3) is 0.478. The summed E-state index contributed by atoms with van der Waals surface area (Å²) in [4.78, 5) is 35.4. The van der Waals surface area contributed by atoms with Gasteiger partial charge in [0.1, 0.15) is 5.78 Å². The second-order valence-electron chi connectivity index (χ2n) is 8.46. The number of aryl methyl sites for hydroxylation is 1. The van der Waals surface area contributed by atoms with Crippen LogP contribution in [0.15, 0.2) is 24.5 Å². The van der Waals surface area contributed by atoms with Crippen LogP contribution in [0.4, 0.5) is 17.6 Å². The molecule has 3 heterocycles. The number of nitrogens with zero attached hydrogens (tertiary/aromatic N) is 3. The molecule has 0 bridgehead atoms. The SMILES string of the molecule is Cc1cc(CN2Cc3c(ccnc3C3CCCCC3=O)C2=O)cnc1OCC(F)(F)C(F)F. The Bertz CT molecular complexity index is 1080. The van der Waals surface area contributed by atoms with Gasteiger partial charge in [-0.15, -0.1) is 0 Å². The van der Waals surface area contributed by atoms with Gasteiger partial charge in [-0.3, -0.25) is 14.6 Å². The molecule has 1 aliphatic carbocycles. The average Bonchev–Trinajstić information content (AvgIpc) is 3.09. The minimum atomic E-state index is -4.27. The molecule has 6 nitrogen and oxygen atoms in total. The Kier molecular flexibility index (Phi) is 6.36. The van der Waals surface area contributed by atoms with Crippen molar-refractivity contribution in [1.29, 1.82) is 0 Å². The molecule has 4 rings (SSSR count). The molecule has 2 aromatic rings. The lowest BCUT2D eigenvalue weighted by atomic mass is 9.83. The third-order valence-corrected chi connectivity index (χ3v) is 6.02. The van der Waals surface area contributed by atoms with Crippen molar-refractivity contribution in [2.45, 2.75) is 64.0 Å². The summed E-state index contributed by atoms with van der Waals surface area (Å²) in [6.07, 6.45) is 2.17. The van der Waals surface area contributed by atoms with Crippen molar-refractivity contribution in [2.24, 2.45) is 0 Å². The number of aromatic nitrogens is 2. The smallest absolute Gasteiger partial charge is 0.340 e. The van der Waals surface area contributed by atoms with Crippen LogP contribution in [0, 0.1) is 6.92 Å². The zero-order chi connectivity index (χ0) is 23.8. The first-order valence-corrected chi connectivity index (χ1v) is 10.7. The molecule has 0 N–H and O–H groups in total. The van der Waals surface area contributed by atoms with Gasteiger partial charge in [-0.05, 0) is 37.5 Å². The Balaban J connectivity index is 1.47. The lowest BCUT2D eigenvalue weighted by Gasteiger charge is -2.22. The number of hydrogen-bond acceptors (Lipinski definition) is 5. The summed E-state index contributed by atoms with van der Waals surface area (Å²) in [5.74, 6) is -4.76. The van der Waals surface area contributed by atoms with Crippen molar-refractivity contribution in [1.82, 2.24) is 14.9 Å². The summed E-state index contributed by atoms with van der Waals surface area (Å²) in [6, 6.07) is 3.26. The lowest BCUT2D eigenvalue weighted by Crippen LogP contribution is -2.34. The van der Waals surface area contributed by atoms with Gasteiger partial charge < -0.3 is 9.64 Å². The molecule has 2 aromatic heterocycles. The Labute approximate surface area is 188 Å². The second-order valence-corrected chi connectivity index (χ2v) is 8.46. The van der Waals surface area contributed by atoms with E-state index in [0.29, 0.717) is 35.3 Å². The van der Waals surface area contributed by atoms with Gasteiger partial charge in [0.25, 0.3) is 5.91 Å². The molecule has 0 aromatic carbocycles. The zero-order valence-electron chi connectivity index (χ0n) is 18.0. The van der Waals surface area contributed by atoms with Gasteiger partial charge in [0.05, 0.1) is 11.6 Å². The quantitative estimate of drug-likeness (QED) is 0.565. The average molecular weight is 465 g/mol. The molecule has 176 valence electrons. The number of Topliss-reactive ketones (excluding diaryl/α,β-unsaturated/α-hetero) is 1. The summed E-state index contributed by atoms with van der Waals surface area (Å²) >= 11 is 0. The number of ether oxygens (including phenoxy) is 1. The van der Waals surface area contributed by atoms with Crippen LogP contribution in [-0.2, 0) is 17.9 Å². The van der Waals surface area contributed by atoms with Crippen LogP contribution in [-0.4, -0.2) is 45.5 Å². The highest BCUT2D eigenvalue weighted by Crippen LogP contribution is 2.35. The molecule has 1 aliphatic heterocycles. The number of ketones is 1. The monoisotopic (exact) mass is 465 g/mol. The molecule has 10 heteroatoms. The third kappa shape index (κ3) is 4.69. The summed E-state index contributed by atoms with van der Waals surface area (Å²) in [7, 11) is 0. The predicted molar refractivity (Wildman–Crippen MR) is 109 cm³/mol. The first-order chi connectivity index (χ1) is 15.7. The first-order valence-electron chi connectivity index (χ1n) is 10.7. The number of carbonyl (C=O) groups excluding carboxylic acids is 2. The minimum absolute atomic E-state index is 0.154. The standard InChI is InChI=1S/C23H23F4N3O3/c1-13-8-14(9-29-20(13)33-12-23(26,27)22(24)25)10-30-11-17-15(21(30)32)6-7-28-19(17)16-4-2-3-5-18(16)31/h6-9,16,22H,2-5,10-12H2,1H3. The Morgan fingerprint density at radius 3 is 2.73 bits per heavy atom. The van der Waals surface area contributed by atoms with Gasteiger partial charge in [-0.1, -0.05) is 6.42 Å². The van der Waals surface area contributed by atoms with E-state index >= 15 is 0 Å². The summed E-state index contributed by atoms with van der Waals surface area (Å²) in [6.45, 7) is 0.586. The number of hydrogen-bond donors (Lipinski definition) is 0. The summed E-state index contributed by atoms with van der Waals surface area (Å²) in [5, 5.41) is 0. The van der Waals surface area contributed by atoms with Crippen LogP contribution in [0.3, 0.4) is 0 Å². The number of carbonyl (C=O) groups is 2. The Morgan fingerprint density at radius 2 is 2.03 bits per heavy atom. The van der Waals surface area contributed by atoms with E-state index in [1.54, 1.807) is 30.2 Å². The van der Waals surface area contributed by atoms with Crippen LogP contribution < -0.4 is 4.74 Å². The van der Waals surface area contributed by atoms with Crippen molar-refractivity contribution >= 4 is 11.7 Å². The highest BCUT2D eigenvalue weighted by atomic mass is 19.3. The van der Waals surface area contributed by atoms with E-state index in [2.05, 4.69) is 9.97 Å². The molecule has 1 saturated carbocycles. The maximum absolute atomic E-state index is 13.1. The molecule has 2 aliphatic rings. The predicted octanol–water partition coefficient (Wildman–Crippen LogP) is 4.45. The molecule has 1 fully saturated rings. The van der Waals surface area contributed by atoms with Crippen LogP contribution in [0.25, 0.3) is 0 Å². The van der Waals surface area contributed by atoms with Crippen LogP contribution in [0.5, 0.6) is 5.88 Å². The van der Waals surface area contributed by atoms with E-state index in [1.807, 2.05) is 0 Å². The van der Waals surface area contributed by atoms with Crippen LogP contribution in [0.1, 0.15) is 64.3 Å². The fourth-order valence-corrected chi connectivity index (χ4v) is 4.31. The highest BCUT2D eigenvalue weighted by Gasteiger charge is 2.42. The van der Waals surface area contributed by atoms with E-state index in [-0.39, 0.29) is 30.0 Å². The number of amides is 1. The van der Waals surface area contributed by atoms with E-state index in [0.717, 1.165) is 24.8 Å². The first kappa shape index (κ1) is 23.1. The second kappa shape index (κ2) is 9.07. The molecule has 1 unspecified atom stereocenters. The van der Waals surface area contributed by atoms with Gasteiger partial charge in [0.2, 0.25) is 5.88 Å². The number of pyridine rings is 2. The Morgan fingerprint density at radius 1 is 1.24 bits per heavy atom. The van der Waals surface area contributed by atoms with E-state index in [4.69, 9.17) is 4.74 Å². The normalized spacial score (nSPS) is 18.7. The van der Waals surface area contributed by atoms with E-state index in [1.165, 1.54) is 6.20 Å². The maximum atomic E-state index is 13.1. The van der Waals surface area contributed by atoms with E-state index in [9.17, 15) is 27.2 Å². The topological polar surface area (TPSA) is 72.4 Å². The van der Waals surface area contributed by atoms with Gasteiger partial charge in [-0.2, -0.15) is 8.78 Å². The summed E-state index contributed by atoms with van der Waals surface area (Å²) < 4.78 is 55.6. The van der Waals surface area contributed by atoms with Crippen molar-refractivity contribution in [2.75, 3.05) is 6.61 Å². The lowest BCUT2D eigenvalue weighted by molar-refractivity contribution is -0.148. The fourth-order valence-electron chi connectivity index (χ4n) is 4.31. The molecular weight excluding hydrogens is 442 g/mol. The number of rotatable bonds is 7. The van der Waals surface area contributed by atoms with E-state index < -0.39 is 19.0 Å².